The Labute approximate surface area is 153 Å². The Balaban J connectivity index is 2.74. The molecule has 0 radical (unpaired) electrons. The van der Waals surface area contributed by atoms with E-state index in [0.717, 1.165) is 0 Å². The summed E-state index contributed by atoms with van der Waals surface area (Å²) in [5, 5.41) is 3.83. The van der Waals surface area contributed by atoms with E-state index in [1.807, 2.05) is 6.26 Å². The van der Waals surface area contributed by atoms with Crippen molar-refractivity contribution in [2.24, 2.45) is 5.73 Å². The van der Waals surface area contributed by atoms with Crippen molar-refractivity contribution in [3.05, 3.63) is 39.9 Å². The second-order valence-electron chi connectivity index (χ2n) is 4.66. The monoisotopic (exact) mass is 383 g/mol. The molecule has 0 saturated carbocycles. The van der Waals surface area contributed by atoms with Gasteiger partial charge in [0.1, 0.15) is 5.03 Å². The molecule has 0 aliphatic rings. The van der Waals surface area contributed by atoms with Crippen molar-refractivity contribution < 1.29 is 4.79 Å². The van der Waals surface area contributed by atoms with E-state index in [1.165, 1.54) is 24.9 Å². The fourth-order valence-corrected chi connectivity index (χ4v) is 2.90. The lowest BCUT2D eigenvalue weighted by molar-refractivity contribution is -0.116. The third kappa shape index (κ3) is 3.92. The van der Waals surface area contributed by atoms with Crippen LogP contribution in [0.3, 0.4) is 0 Å². The molecule has 0 fully saturated rings. The van der Waals surface area contributed by atoms with Crippen molar-refractivity contribution in [2.45, 2.75) is 5.03 Å². The zero-order chi connectivity index (χ0) is 17.9. The highest BCUT2D eigenvalue weighted by Gasteiger charge is 2.18. The van der Waals surface area contributed by atoms with Crippen molar-refractivity contribution in [3.8, 4) is 11.3 Å². The summed E-state index contributed by atoms with van der Waals surface area (Å²) < 4.78 is 0. The maximum atomic E-state index is 11.6. The number of likely N-dealkylation sites (N-methyl/N-ethyl adjacent to an activating group) is 1. The van der Waals surface area contributed by atoms with Crippen molar-refractivity contribution in [2.75, 3.05) is 19.0 Å². The summed E-state index contributed by atoms with van der Waals surface area (Å²) >= 11 is 13.4. The smallest absolute Gasteiger partial charge is 0.245 e. The van der Waals surface area contributed by atoms with Gasteiger partial charge in [-0.2, -0.15) is 0 Å². The van der Waals surface area contributed by atoms with Crippen LogP contribution in [-0.2, 0) is 4.79 Å². The average molecular weight is 384 g/mol. The largest absolute Gasteiger partial charge is 0.398 e. The zero-order valence-electron chi connectivity index (χ0n) is 12.9. The molecule has 0 atom stereocenters. The fraction of sp³-hybridized carbons (Fsp3) is 0.133. The van der Waals surface area contributed by atoms with Crippen molar-refractivity contribution in [1.29, 1.82) is 0 Å². The molecule has 6 nitrogen and oxygen atoms in total. The van der Waals surface area contributed by atoms with Gasteiger partial charge in [0.05, 0.1) is 21.3 Å². The lowest BCUT2D eigenvalue weighted by Crippen LogP contribution is -2.17. The van der Waals surface area contributed by atoms with Gasteiger partial charge in [-0.15, -0.1) is 11.8 Å². The first-order chi connectivity index (χ1) is 11.4. The molecule has 2 rings (SSSR count). The number of thioether (sulfide) groups is 1. The number of carbonyl (C=O) groups is 1. The second kappa shape index (κ2) is 7.74. The molecule has 0 bridgehead atoms. The van der Waals surface area contributed by atoms with Gasteiger partial charge >= 0.3 is 0 Å². The number of nitrogens with two attached hydrogens (primary N) is 2. The third-order valence-corrected chi connectivity index (χ3v) is 4.52. The Hall–Kier alpha value is -1.96. The number of amides is 1. The minimum atomic E-state index is -0.337. The summed E-state index contributed by atoms with van der Waals surface area (Å²) in [5.41, 5.74) is 13.8. The molecule has 1 heterocycles. The molecule has 126 valence electrons. The Morgan fingerprint density at radius 1 is 1.29 bits per heavy atom. The van der Waals surface area contributed by atoms with Gasteiger partial charge in [-0.25, -0.2) is 9.97 Å². The molecule has 1 aromatic heterocycles. The summed E-state index contributed by atoms with van der Waals surface area (Å²) in [4.78, 5) is 20.1. The van der Waals surface area contributed by atoms with Crippen LogP contribution in [-0.4, -0.2) is 29.2 Å². The van der Waals surface area contributed by atoms with Gasteiger partial charge in [-0.3, -0.25) is 4.79 Å². The molecule has 1 amide bonds. The van der Waals surface area contributed by atoms with E-state index in [1.54, 1.807) is 18.2 Å². The van der Waals surface area contributed by atoms with E-state index < -0.39 is 0 Å². The normalized spacial score (nSPS) is 11.4. The number of nitrogen functional groups attached to an aromatic ring is 1. The Morgan fingerprint density at radius 3 is 2.58 bits per heavy atom. The van der Waals surface area contributed by atoms with Gasteiger partial charge in [0.15, 0.2) is 0 Å². The first-order valence-electron chi connectivity index (χ1n) is 6.73. The third-order valence-electron chi connectivity index (χ3n) is 3.10. The molecule has 1 aromatic carbocycles. The SMILES string of the molecule is CNC(=O)/C=C(\N)c1c(SC)nc(N)nc1-c1ccc(Cl)c(Cl)c1. The number of halogens is 2. The van der Waals surface area contributed by atoms with Gasteiger partial charge in [0.25, 0.3) is 0 Å². The number of aromatic nitrogens is 2. The van der Waals surface area contributed by atoms with E-state index in [-0.39, 0.29) is 17.6 Å². The number of benzene rings is 1. The molecule has 0 aliphatic carbocycles. The topological polar surface area (TPSA) is 107 Å². The molecular weight excluding hydrogens is 369 g/mol. The quantitative estimate of drug-likeness (QED) is 0.425. The Bertz CT molecular complexity index is 826. The highest BCUT2D eigenvalue weighted by atomic mass is 35.5. The van der Waals surface area contributed by atoms with E-state index in [2.05, 4.69) is 15.3 Å². The first kappa shape index (κ1) is 18.4. The lowest BCUT2D eigenvalue weighted by Gasteiger charge is -2.14. The van der Waals surface area contributed by atoms with Crippen LogP contribution in [0.5, 0.6) is 0 Å². The van der Waals surface area contributed by atoms with Crippen LogP contribution in [0.1, 0.15) is 5.56 Å². The number of hydrogen-bond acceptors (Lipinski definition) is 6. The molecule has 0 saturated heterocycles. The number of carbonyl (C=O) groups excluding carboxylic acids is 1. The fourth-order valence-electron chi connectivity index (χ4n) is 2.00. The van der Waals surface area contributed by atoms with Crippen LogP contribution in [0.2, 0.25) is 10.0 Å². The summed E-state index contributed by atoms with van der Waals surface area (Å²) in [6, 6.07) is 5.06. The van der Waals surface area contributed by atoms with Crippen LogP contribution in [0.25, 0.3) is 17.0 Å². The standard InChI is InChI=1S/C15H15Cl2N5OS/c1-20-11(23)6-10(18)12-13(21-15(19)22-14(12)24-2)7-3-4-8(16)9(17)5-7/h3-6H,18H2,1-2H3,(H,20,23)(H2,19,21,22)/b10-6-. The van der Waals surface area contributed by atoms with E-state index >= 15 is 0 Å². The van der Waals surface area contributed by atoms with Gasteiger partial charge in [-0.05, 0) is 18.4 Å². The summed E-state index contributed by atoms with van der Waals surface area (Å²) in [6.07, 6.45) is 3.10. The minimum absolute atomic E-state index is 0.0944. The van der Waals surface area contributed by atoms with E-state index in [9.17, 15) is 4.79 Å². The Morgan fingerprint density at radius 2 is 2.00 bits per heavy atom. The maximum absolute atomic E-state index is 11.6. The van der Waals surface area contributed by atoms with Crippen molar-refractivity contribution in [1.82, 2.24) is 15.3 Å². The van der Waals surface area contributed by atoms with Gasteiger partial charge in [0, 0.05) is 24.4 Å². The van der Waals surface area contributed by atoms with E-state index in [0.29, 0.717) is 31.9 Å². The predicted octanol–water partition coefficient (Wildman–Crippen LogP) is 2.80. The Kier molecular flexibility index (Phi) is 5.93. The van der Waals surface area contributed by atoms with Crippen LogP contribution < -0.4 is 16.8 Å². The number of rotatable bonds is 4. The van der Waals surface area contributed by atoms with Crippen molar-refractivity contribution >= 4 is 52.5 Å². The van der Waals surface area contributed by atoms with E-state index in [4.69, 9.17) is 34.7 Å². The molecule has 0 spiro atoms. The van der Waals surface area contributed by atoms with Crippen LogP contribution >= 0.6 is 35.0 Å². The highest BCUT2D eigenvalue weighted by Crippen LogP contribution is 2.35. The molecular formula is C15H15Cl2N5OS. The number of nitrogens with zero attached hydrogens (tertiary/aromatic N) is 2. The number of anilines is 1. The zero-order valence-corrected chi connectivity index (χ0v) is 15.3. The van der Waals surface area contributed by atoms with Gasteiger partial charge < -0.3 is 16.8 Å². The van der Waals surface area contributed by atoms with Crippen LogP contribution in [0.15, 0.2) is 29.3 Å². The van der Waals surface area contributed by atoms with Crippen molar-refractivity contribution in [3.63, 3.8) is 0 Å². The molecule has 0 unspecified atom stereocenters. The lowest BCUT2D eigenvalue weighted by atomic mass is 10.0. The molecule has 0 aliphatic heterocycles. The molecule has 24 heavy (non-hydrogen) atoms. The highest BCUT2D eigenvalue weighted by molar-refractivity contribution is 7.98. The molecule has 5 N–H and O–H groups in total. The molecule has 9 heteroatoms. The van der Waals surface area contributed by atoms with Gasteiger partial charge in [-0.1, -0.05) is 29.3 Å². The first-order valence-corrected chi connectivity index (χ1v) is 8.71. The summed E-state index contributed by atoms with van der Waals surface area (Å²) in [6.45, 7) is 0. The number of hydrogen-bond donors (Lipinski definition) is 3. The summed E-state index contributed by atoms with van der Waals surface area (Å²) in [5.74, 6) is -0.242. The second-order valence-corrected chi connectivity index (χ2v) is 6.27. The van der Waals surface area contributed by atoms with Crippen LogP contribution in [0.4, 0.5) is 5.95 Å². The maximum Gasteiger partial charge on any atom is 0.245 e. The predicted molar refractivity (Wildman–Crippen MR) is 99.9 cm³/mol. The van der Waals surface area contributed by atoms with Gasteiger partial charge in [0.2, 0.25) is 11.9 Å². The minimum Gasteiger partial charge on any atom is -0.398 e. The molecule has 2 aromatic rings. The average Bonchev–Trinajstić information content (AvgIpc) is 2.56. The number of nitrogens with one attached hydrogen (secondary N) is 1. The van der Waals surface area contributed by atoms with Crippen LogP contribution in [0, 0.1) is 0 Å². The summed E-state index contributed by atoms with van der Waals surface area (Å²) in [7, 11) is 1.51.